The van der Waals surface area contributed by atoms with Gasteiger partial charge in [-0.1, -0.05) is 18.2 Å². The highest BCUT2D eigenvalue weighted by molar-refractivity contribution is 6.04. The van der Waals surface area contributed by atoms with Crippen LogP contribution < -0.4 is 5.32 Å². The van der Waals surface area contributed by atoms with Crippen molar-refractivity contribution >= 4 is 16.8 Å². The Bertz CT molecular complexity index is 585. The molecule has 3 N–H and O–H groups in total. The van der Waals surface area contributed by atoms with Crippen molar-refractivity contribution in [2.75, 3.05) is 0 Å². The van der Waals surface area contributed by atoms with Gasteiger partial charge in [0.05, 0.1) is 11.6 Å². The maximum absolute atomic E-state index is 12.2. The Morgan fingerprint density at radius 2 is 2.00 bits per heavy atom. The van der Waals surface area contributed by atoms with Gasteiger partial charge in [0.2, 0.25) is 0 Å². The molecular formula is C14H17N3O2. The van der Waals surface area contributed by atoms with Crippen LogP contribution in [0.1, 0.15) is 36.2 Å². The lowest BCUT2D eigenvalue weighted by molar-refractivity contribution is 0.0864. The van der Waals surface area contributed by atoms with Gasteiger partial charge in [0, 0.05) is 11.4 Å². The molecule has 1 aromatic carbocycles. The molecule has 0 saturated heterocycles. The van der Waals surface area contributed by atoms with E-state index in [0.29, 0.717) is 5.69 Å². The minimum absolute atomic E-state index is 0.140. The second kappa shape index (κ2) is 5.01. The smallest absolute Gasteiger partial charge is 0.272 e. The van der Waals surface area contributed by atoms with Crippen LogP contribution in [0.4, 0.5) is 0 Å². The average molecular weight is 259 g/mol. The van der Waals surface area contributed by atoms with Gasteiger partial charge in [-0.05, 0) is 31.7 Å². The van der Waals surface area contributed by atoms with E-state index in [-0.39, 0.29) is 18.1 Å². The quantitative estimate of drug-likeness (QED) is 0.766. The predicted octanol–water partition coefficient (Wildman–Crippen LogP) is 1.60. The van der Waals surface area contributed by atoms with Crippen molar-refractivity contribution in [1.29, 1.82) is 0 Å². The Morgan fingerprint density at radius 1 is 1.26 bits per heavy atom. The Morgan fingerprint density at radius 3 is 2.79 bits per heavy atom. The Kier molecular flexibility index (Phi) is 3.21. The summed E-state index contributed by atoms with van der Waals surface area (Å²) in [7, 11) is 0. The van der Waals surface area contributed by atoms with Crippen LogP contribution in [0, 0.1) is 0 Å². The first-order valence-corrected chi connectivity index (χ1v) is 6.66. The third-order valence-electron chi connectivity index (χ3n) is 3.72. The van der Waals surface area contributed by atoms with E-state index in [9.17, 15) is 9.90 Å². The third-order valence-corrected chi connectivity index (χ3v) is 3.72. The van der Waals surface area contributed by atoms with Crippen molar-refractivity contribution in [2.45, 2.75) is 37.8 Å². The fourth-order valence-electron chi connectivity index (χ4n) is 2.61. The van der Waals surface area contributed by atoms with Gasteiger partial charge in [-0.2, -0.15) is 5.10 Å². The zero-order chi connectivity index (χ0) is 13.2. The van der Waals surface area contributed by atoms with Gasteiger partial charge in [0.1, 0.15) is 0 Å². The largest absolute Gasteiger partial charge is 0.393 e. The summed E-state index contributed by atoms with van der Waals surface area (Å²) in [6.07, 6.45) is 2.96. The molecule has 0 unspecified atom stereocenters. The van der Waals surface area contributed by atoms with Crippen LogP contribution >= 0.6 is 0 Å². The number of aromatic amines is 1. The molecule has 0 spiro atoms. The standard InChI is InChI=1S/C14H17N3O2/c18-10-7-5-9(6-8-10)15-14(19)13-11-3-1-2-4-12(11)16-17-13/h1-4,9-10,18H,5-8H2,(H,15,19)(H,16,17). The highest BCUT2D eigenvalue weighted by Gasteiger charge is 2.22. The zero-order valence-electron chi connectivity index (χ0n) is 10.6. The Hall–Kier alpha value is -1.88. The van der Waals surface area contributed by atoms with Gasteiger partial charge >= 0.3 is 0 Å². The van der Waals surface area contributed by atoms with Crippen molar-refractivity contribution < 1.29 is 9.90 Å². The molecule has 2 aromatic rings. The van der Waals surface area contributed by atoms with Crippen molar-refractivity contribution in [2.24, 2.45) is 0 Å². The van der Waals surface area contributed by atoms with Crippen LogP contribution in [0.25, 0.3) is 10.9 Å². The molecule has 5 heteroatoms. The Balaban J connectivity index is 1.73. The number of para-hydroxylation sites is 1. The normalized spacial score (nSPS) is 23.4. The number of hydrogen-bond acceptors (Lipinski definition) is 3. The summed E-state index contributed by atoms with van der Waals surface area (Å²) in [6, 6.07) is 7.73. The lowest BCUT2D eigenvalue weighted by Gasteiger charge is -2.25. The summed E-state index contributed by atoms with van der Waals surface area (Å²) in [4.78, 5) is 12.2. The number of H-pyrrole nitrogens is 1. The number of carbonyl (C=O) groups excluding carboxylic acids is 1. The summed E-state index contributed by atoms with van der Waals surface area (Å²) in [6.45, 7) is 0. The molecule has 1 aliphatic carbocycles. The maximum Gasteiger partial charge on any atom is 0.272 e. The number of fused-ring (bicyclic) bond motifs is 1. The molecule has 1 heterocycles. The van der Waals surface area contributed by atoms with Crippen molar-refractivity contribution in [3.8, 4) is 0 Å². The molecule has 1 aliphatic rings. The number of hydrogen-bond donors (Lipinski definition) is 3. The lowest BCUT2D eigenvalue weighted by atomic mass is 9.93. The van der Waals surface area contributed by atoms with Crippen LogP contribution in [0.15, 0.2) is 24.3 Å². The molecule has 19 heavy (non-hydrogen) atoms. The van der Waals surface area contributed by atoms with E-state index in [2.05, 4.69) is 15.5 Å². The molecule has 1 aromatic heterocycles. The molecule has 1 saturated carbocycles. The van der Waals surface area contributed by atoms with Crippen molar-refractivity contribution in [1.82, 2.24) is 15.5 Å². The van der Waals surface area contributed by atoms with Crippen LogP contribution in [0.2, 0.25) is 0 Å². The monoisotopic (exact) mass is 259 g/mol. The zero-order valence-corrected chi connectivity index (χ0v) is 10.6. The molecule has 0 atom stereocenters. The molecular weight excluding hydrogens is 242 g/mol. The summed E-state index contributed by atoms with van der Waals surface area (Å²) in [5.41, 5.74) is 1.31. The number of nitrogens with zero attached hydrogens (tertiary/aromatic N) is 1. The number of amides is 1. The summed E-state index contributed by atoms with van der Waals surface area (Å²) >= 11 is 0. The first-order valence-electron chi connectivity index (χ1n) is 6.66. The second-order valence-electron chi connectivity index (χ2n) is 5.10. The molecule has 100 valence electrons. The molecule has 0 radical (unpaired) electrons. The third kappa shape index (κ3) is 2.46. The van der Waals surface area contributed by atoms with Crippen LogP contribution in [0.3, 0.4) is 0 Å². The maximum atomic E-state index is 12.2. The van der Waals surface area contributed by atoms with E-state index >= 15 is 0 Å². The number of nitrogens with one attached hydrogen (secondary N) is 2. The number of aliphatic hydroxyl groups is 1. The lowest BCUT2D eigenvalue weighted by Crippen LogP contribution is -2.38. The predicted molar refractivity (Wildman–Crippen MR) is 71.8 cm³/mol. The molecule has 1 amide bonds. The fraction of sp³-hybridized carbons (Fsp3) is 0.429. The SMILES string of the molecule is O=C(NC1CCC(O)CC1)c1n[nH]c2ccccc12. The first kappa shape index (κ1) is 12.2. The van der Waals surface area contributed by atoms with Crippen LogP contribution in [-0.4, -0.2) is 33.4 Å². The topological polar surface area (TPSA) is 78.0 Å². The number of benzene rings is 1. The van der Waals surface area contributed by atoms with E-state index in [4.69, 9.17) is 0 Å². The van der Waals surface area contributed by atoms with Gasteiger partial charge in [-0.3, -0.25) is 9.89 Å². The highest BCUT2D eigenvalue weighted by atomic mass is 16.3. The van der Waals surface area contributed by atoms with E-state index in [1.54, 1.807) is 0 Å². The Labute approximate surface area is 111 Å². The minimum Gasteiger partial charge on any atom is -0.393 e. The summed E-state index contributed by atoms with van der Waals surface area (Å²) < 4.78 is 0. The van der Waals surface area contributed by atoms with E-state index in [1.165, 1.54) is 0 Å². The van der Waals surface area contributed by atoms with Gasteiger partial charge in [0.15, 0.2) is 5.69 Å². The van der Waals surface area contributed by atoms with Gasteiger partial charge < -0.3 is 10.4 Å². The highest BCUT2D eigenvalue weighted by Crippen LogP contribution is 2.20. The van der Waals surface area contributed by atoms with Crippen molar-refractivity contribution in [3.63, 3.8) is 0 Å². The number of rotatable bonds is 2. The number of aliphatic hydroxyl groups excluding tert-OH is 1. The summed E-state index contributed by atoms with van der Waals surface area (Å²) in [5.74, 6) is -0.140. The summed E-state index contributed by atoms with van der Waals surface area (Å²) in [5, 5.41) is 20.3. The van der Waals surface area contributed by atoms with Gasteiger partial charge in [-0.25, -0.2) is 0 Å². The van der Waals surface area contributed by atoms with Crippen LogP contribution in [-0.2, 0) is 0 Å². The molecule has 1 fully saturated rings. The van der Waals surface area contributed by atoms with Gasteiger partial charge in [-0.15, -0.1) is 0 Å². The van der Waals surface area contributed by atoms with E-state index < -0.39 is 0 Å². The van der Waals surface area contributed by atoms with Gasteiger partial charge in [0.25, 0.3) is 5.91 Å². The molecule has 5 nitrogen and oxygen atoms in total. The van der Waals surface area contributed by atoms with Crippen LogP contribution in [0.5, 0.6) is 0 Å². The minimum atomic E-state index is -0.209. The average Bonchev–Trinajstić information content (AvgIpc) is 2.85. The number of aromatic nitrogens is 2. The van der Waals surface area contributed by atoms with Crippen molar-refractivity contribution in [3.05, 3.63) is 30.0 Å². The molecule has 0 bridgehead atoms. The fourth-order valence-corrected chi connectivity index (χ4v) is 2.61. The second-order valence-corrected chi connectivity index (χ2v) is 5.10. The van der Waals surface area contributed by atoms with E-state index in [1.807, 2.05) is 24.3 Å². The molecule has 3 rings (SSSR count). The first-order chi connectivity index (χ1) is 9.24. The van der Waals surface area contributed by atoms with E-state index in [0.717, 1.165) is 36.6 Å². The molecule has 0 aliphatic heterocycles. The number of carbonyl (C=O) groups is 1.